The Kier molecular flexibility index (Phi) is 3.78. The molecular weight excluding hydrogens is 298 g/mol. The number of fused-ring (bicyclic) bond motifs is 3. The number of aliphatic imine (C=N–C) groups is 1. The van der Waals surface area contributed by atoms with Crippen LogP contribution >= 0.6 is 11.8 Å². The van der Waals surface area contributed by atoms with Gasteiger partial charge >= 0.3 is 5.97 Å². The second-order valence-corrected chi connectivity index (χ2v) is 6.03. The van der Waals surface area contributed by atoms with Crippen LogP contribution in [0.15, 0.2) is 34.3 Å². The number of rotatable bonds is 2. The number of aryl methyl sites for hydroxylation is 1. The molecule has 1 unspecified atom stereocenters. The van der Waals surface area contributed by atoms with Crippen LogP contribution in [-0.2, 0) is 9.53 Å². The maximum absolute atomic E-state index is 11.4. The molecule has 0 saturated heterocycles. The van der Waals surface area contributed by atoms with Crippen LogP contribution in [0.3, 0.4) is 0 Å². The summed E-state index contributed by atoms with van der Waals surface area (Å²) < 4.78 is 7.36. The van der Waals surface area contributed by atoms with Gasteiger partial charge in [0.15, 0.2) is 5.82 Å². The molecule has 1 aliphatic rings. The summed E-state index contributed by atoms with van der Waals surface area (Å²) in [5.74, 6) is 0.257. The van der Waals surface area contributed by atoms with Gasteiger partial charge in [-0.25, -0.2) is 9.98 Å². The molecule has 0 bridgehead atoms. The highest BCUT2D eigenvalue weighted by Gasteiger charge is 2.27. The summed E-state index contributed by atoms with van der Waals surface area (Å²) in [4.78, 5) is 21.5. The van der Waals surface area contributed by atoms with Gasteiger partial charge in [0.1, 0.15) is 0 Å². The first-order chi connectivity index (χ1) is 10.5. The van der Waals surface area contributed by atoms with Crippen LogP contribution in [0.25, 0.3) is 5.69 Å². The largest absolute Gasteiger partial charge is 0.432 e. The first-order valence-electron chi connectivity index (χ1n) is 6.96. The SMILES string of the molecule is CSc1ccc2c(c1)C(C)=NC(OC(C)=O)c1ncc(C)n1-2. The normalized spacial score (nSPS) is 16.4. The second kappa shape index (κ2) is 5.61. The molecule has 22 heavy (non-hydrogen) atoms. The zero-order valence-corrected chi connectivity index (χ0v) is 13.8. The number of imidazole rings is 1. The number of aromatic nitrogens is 2. The maximum atomic E-state index is 11.4. The fraction of sp³-hybridized carbons (Fsp3) is 0.312. The summed E-state index contributed by atoms with van der Waals surface area (Å²) >= 11 is 1.68. The van der Waals surface area contributed by atoms with Gasteiger partial charge in [-0.05, 0) is 38.3 Å². The van der Waals surface area contributed by atoms with Crippen molar-refractivity contribution in [2.24, 2.45) is 4.99 Å². The first-order valence-corrected chi connectivity index (χ1v) is 8.18. The highest BCUT2D eigenvalue weighted by molar-refractivity contribution is 7.98. The molecular formula is C16H17N3O2S. The van der Waals surface area contributed by atoms with Gasteiger partial charge in [0.25, 0.3) is 6.23 Å². The Bertz CT molecular complexity index is 780. The van der Waals surface area contributed by atoms with Crippen LogP contribution in [0.5, 0.6) is 0 Å². The molecule has 114 valence electrons. The van der Waals surface area contributed by atoms with E-state index in [2.05, 4.69) is 28.2 Å². The molecule has 1 aromatic heterocycles. The van der Waals surface area contributed by atoms with Crippen molar-refractivity contribution in [2.75, 3.05) is 6.26 Å². The topological polar surface area (TPSA) is 56.5 Å². The molecule has 1 aliphatic heterocycles. The van der Waals surface area contributed by atoms with Gasteiger partial charge in [-0.3, -0.25) is 9.36 Å². The molecule has 1 atom stereocenters. The van der Waals surface area contributed by atoms with E-state index in [1.165, 1.54) is 11.8 Å². The van der Waals surface area contributed by atoms with Crippen molar-refractivity contribution in [3.05, 3.63) is 41.5 Å². The number of esters is 1. The smallest absolute Gasteiger partial charge is 0.304 e. The molecule has 0 spiro atoms. The average molecular weight is 315 g/mol. The van der Waals surface area contributed by atoms with Crippen LogP contribution in [0.2, 0.25) is 0 Å². The zero-order valence-electron chi connectivity index (χ0n) is 13.0. The molecule has 3 rings (SSSR count). The Morgan fingerprint density at radius 1 is 1.36 bits per heavy atom. The van der Waals surface area contributed by atoms with Crippen molar-refractivity contribution in [1.82, 2.24) is 9.55 Å². The Hall–Kier alpha value is -2.08. The van der Waals surface area contributed by atoms with Gasteiger partial charge in [0, 0.05) is 35.0 Å². The molecule has 0 saturated carbocycles. The lowest BCUT2D eigenvalue weighted by atomic mass is 10.1. The maximum Gasteiger partial charge on any atom is 0.304 e. The number of carbonyl (C=O) groups is 1. The van der Waals surface area contributed by atoms with E-state index in [0.717, 1.165) is 22.7 Å². The van der Waals surface area contributed by atoms with E-state index in [1.807, 2.05) is 24.7 Å². The van der Waals surface area contributed by atoms with E-state index in [4.69, 9.17) is 4.74 Å². The van der Waals surface area contributed by atoms with E-state index >= 15 is 0 Å². The lowest BCUT2D eigenvalue weighted by molar-refractivity contribution is -0.146. The van der Waals surface area contributed by atoms with E-state index in [0.29, 0.717) is 5.82 Å². The standard InChI is InChI=1S/C16H17N3O2S/c1-9-8-17-15-16(21-11(3)20)18-10(2)13-7-12(22-4)5-6-14(13)19(9)15/h5-8,16H,1-4H3. The predicted molar refractivity (Wildman–Crippen MR) is 86.8 cm³/mol. The summed E-state index contributed by atoms with van der Waals surface area (Å²) in [6.07, 6.45) is 3.10. The van der Waals surface area contributed by atoms with Gasteiger partial charge in [0.05, 0.1) is 5.69 Å². The lowest BCUT2D eigenvalue weighted by Gasteiger charge is -2.14. The number of hydrogen-bond acceptors (Lipinski definition) is 5. The summed E-state index contributed by atoms with van der Waals surface area (Å²) in [5, 5.41) is 0. The fourth-order valence-electron chi connectivity index (χ4n) is 2.61. The lowest BCUT2D eigenvalue weighted by Crippen LogP contribution is -2.11. The van der Waals surface area contributed by atoms with Crippen molar-refractivity contribution >= 4 is 23.4 Å². The van der Waals surface area contributed by atoms with Gasteiger partial charge in [-0.2, -0.15) is 0 Å². The Morgan fingerprint density at radius 2 is 2.14 bits per heavy atom. The quantitative estimate of drug-likeness (QED) is 0.630. The number of ether oxygens (including phenoxy) is 1. The third-order valence-electron chi connectivity index (χ3n) is 3.61. The van der Waals surface area contributed by atoms with Gasteiger partial charge in [-0.1, -0.05) is 0 Å². The minimum Gasteiger partial charge on any atom is -0.432 e. The third kappa shape index (κ3) is 2.43. The molecule has 0 aliphatic carbocycles. The highest BCUT2D eigenvalue weighted by Crippen LogP contribution is 2.32. The Morgan fingerprint density at radius 3 is 2.82 bits per heavy atom. The van der Waals surface area contributed by atoms with E-state index in [1.54, 1.807) is 18.0 Å². The zero-order chi connectivity index (χ0) is 15.9. The summed E-state index contributed by atoms with van der Waals surface area (Å²) in [7, 11) is 0. The monoisotopic (exact) mass is 315 g/mol. The van der Waals surface area contributed by atoms with Crippen molar-refractivity contribution in [2.45, 2.75) is 31.9 Å². The molecule has 0 radical (unpaired) electrons. The van der Waals surface area contributed by atoms with Crippen molar-refractivity contribution in [1.29, 1.82) is 0 Å². The summed E-state index contributed by atoms with van der Waals surface area (Å²) in [5.41, 5.74) is 3.86. The summed E-state index contributed by atoms with van der Waals surface area (Å²) in [6, 6.07) is 6.25. The van der Waals surface area contributed by atoms with Gasteiger partial charge in [0.2, 0.25) is 0 Å². The predicted octanol–water partition coefficient (Wildman–Crippen LogP) is 3.29. The second-order valence-electron chi connectivity index (χ2n) is 5.15. The molecule has 6 heteroatoms. The number of hydrogen-bond donors (Lipinski definition) is 0. The number of carbonyl (C=O) groups excluding carboxylic acids is 1. The van der Waals surface area contributed by atoms with Crippen molar-refractivity contribution in [3.8, 4) is 5.69 Å². The molecule has 5 nitrogen and oxygen atoms in total. The van der Waals surface area contributed by atoms with Gasteiger partial charge in [-0.15, -0.1) is 11.8 Å². The number of nitrogens with zero attached hydrogens (tertiary/aromatic N) is 3. The Labute approximate surface area is 133 Å². The Balaban J connectivity index is 2.25. The molecule has 1 aromatic carbocycles. The van der Waals surface area contributed by atoms with Gasteiger partial charge < -0.3 is 4.74 Å². The van der Waals surface area contributed by atoms with Crippen molar-refractivity contribution in [3.63, 3.8) is 0 Å². The average Bonchev–Trinajstić information content (AvgIpc) is 2.81. The van der Waals surface area contributed by atoms with Crippen LogP contribution in [0.1, 0.15) is 37.2 Å². The summed E-state index contributed by atoms with van der Waals surface area (Å²) in [6.45, 7) is 5.30. The minimum atomic E-state index is -0.712. The fourth-order valence-corrected chi connectivity index (χ4v) is 3.05. The third-order valence-corrected chi connectivity index (χ3v) is 4.33. The molecule has 2 heterocycles. The minimum absolute atomic E-state index is 0.371. The molecule has 0 fully saturated rings. The van der Waals surface area contributed by atoms with Crippen LogP contribution in [0.4, 0.5) is 0 Å². The van der Waals surface area contributed by atoms with Crippen LogP contribution in [-0.4, -0.2) is 27.5 Å². The number of benzene rings is 1. The van der Waals surface area contributed by atoms with Crippen molar-refractivity contribution < 1.29 is 9.53 Å². The number of thioether (sulfide) groups is 1. The van der Waals surface area contributed by atoms with Crippen LogP contribution < -0.4 is 0 Å². The van der Waals surface area contributed by atoms with E-state index in [-0.39, 0.29) is 5.97 Å². The van der Waals surface area contributed by atoms with E-state index in [9.17, 15) is 4.79 Å². The first kappa shape index (κ1) is 14.8. The molecule has 2 aromatic rings. The van der Waals surface area contributed by atoms with Crippen LogP contribution in [0, 0.1) is 6.92 Å². The molecule has 0 N–H and O–H groups in total. The molecule has 0 amide bonds. The highest BCUT2D eigenvalue weighted by atomic mass is 32.2. The van der Waals surface area contributed by atoms with E-state index < -0.39 is 6.23 Å².